The second-order valence-corrected chi connectivity index (χ2v) is 6.97. The molecular formula is C16H27N3. The largest absolute Gasteiger partial charge is 0.334 e. The van der Waals surface area contributed by atoms with Crippen LogP contribution in [-0.4, -0.2) is 22.6 Å². The van der Waals surface area contributed by atoms with Crippen molar-refractivity contribution in [2.45, 2.75) is 64.3 Å². The van der Waals surface area contributed by atoms with Crippen LogP contribution in [0.5, 0.6) is 0 Å². The van der Waals surface area contributed by atoms with Crippen molar-refractivity contribution in [3.05, 3.63) is 18.2 Å². The fraction of sp³-hybridized carbons (Fsp3) is 0.812. The van der Waals surface area contributed by atoms with Gasteiger partial charge in [0.2, 0.25) is 0 Å². The lowest BCUT2D eigenvalue weighted by atomic mass is 9.78. The molecule has 1 aromatic rings. The number of rotatable bonds is 5. The van der Waals surface area contributed by atoms with E-state index in [1.807, 2.05) is 0 Å². The molecule has 1 aliphatic heterocycles. The highest BCUT2D eigenvalue weighted by Gasteiger charge is 2.43. The molecule has 0 unspecified atom stereocenters. The lowest BCUT2D eigenvalue weighted by molar-refractivity contribution is 0.300. The first-order chi connectivity index (χ1) is 9.18. The zero-order chi connectivity index (χ0) is 13.3. The first-order valence-corrected chi connectivity index (χ1v) is 7.89. The third-order valence-corrected chi connectivity index (χ3v) is 5.28. The van der Waals surface area contributed by atoms with Crippen molar-refractivity contribution in [3.8, 4) is 0 Å². The Kier molecular flexibility index (Phi) is 3.42. The molecule has 2 fully saturated rings. The predicted octanol–water partition coefficient (Wildman–Crippen LogP) is 3.10. The summed E-state index contributed by atoms with van der Waals surface area (Å²) in [6, 6.07) is 0. The molecule has 3 nitrogen and oxygen atoms in total. The van der Waals surface area contributed by atoms with Crippen molar-refractivity contribution in [2.24, 2.45) is 5.41 Å². The minimum absolute atomic E-state index is 0.323. The van der Waals surface area contributed by atoms with Crippen LogP contribution in [0.15, 0.2) is 12.5 Å². The Morgan fingerprint density at radius 3 is 2.63 bits per heavy atom. The summed E-state index contributed by atoms with van der Waals surface area (Å²) in [6.45, 7) is 8.20. The summed E-state index contributed by atoms with van der Waals surface area (Å²) < 4.78 is 2.47. The van der Waals surface area contributed by atoms with Gasteiger partial charge < -0.3 is 9.88 Å². The van der Waals surface area contributed by atoms with Gasteiger partial charge in [-0.1, -0.05) is 20.3 Å². The number of piperidine rings is 1. The van der Waals surface area contributed by atoms with Gasteiger partial charge in [0.1, 0.15) is 0 Å². The standard InChI is InChI=1S/C16H27N3/c1-3-4-16(5-6-16)12-19-13-18-11-14(19)15(2)7-9-17-10-8-15/h11,13,17H,3-10,12H2,1-2H3. The van der Waals surface area contributed by atoms with E-state index in [0.29, 0.717) is 10.8 Å². The number of hydrogen-bond donors (Lipinski definition) is 1. The Labute approximate surface area is 116 Å². The van der Waals surface area contributed by atoms with Crippen LogP contribution in [0, 0.1) is 5.41 Å². The van der Waals surface area contributed by atoms with Gasteiger partial charge in [0.15, 0.2) is 0 Å². The Morgan fingerprint density at radius 2 is 2.00 bits per heavy atom. The fourth-order valence-electron chi connectivity index (χ4n) is 3.74. The van der Waals surface area contributed by atoms with Crippen LogP contribution in [0.3, 0.4) is 0 Å². The van der Waals surface area contributed by atoms with Crippen molar-refractivity contribution in [1.29, 1.82) is 0 Å². The molecule has 2 aliphatic rings. The molecule has 0 atom stereocenters. The molecule has 1 saturated carbocycles. The summed E-state index contributed by atoms with van der Waals surface area (Å²) in [5.41, 5.74) is 2.40. The van der Waals surface area contributed by atoms with E-state index in [1.165, 1.54) is 50.8 Å². The molecule has 2 heterocycles. The van der Waals surface area contributed by atoms with Gasteiger partial charge in [-0.05, 0) is 50.6 Å². The van der Waals surface area contributed by atoms with Crippen molar-refractivity contribution in [1.82, 2.24) is 14.9 Å². The van der Waals surface area contributed by atoms with E-state index < -0.39 is 0 Å². The Morgan fingerprint density at radius 1 is 1.26 bits per heavy atom. The second kappa shape index (κ2) is 4.93. The maximum absolute atomic E-state index is 4.46. The smallest absolute Gasteiger partial charge is 0.0948 e. The van der Waals surface area contributed by atoms with Gasteiger partial charge in [0.05, 0.1) is 6.33 Å². The fourth-order valence-corrected chi connectivity index (χ4v) is 3.74. The molecule has 3 heteroatoms. The lowest BCUT2D eigenvalue weighted by Gasteiger charge is -2.35. The highest BCUT2D eigenvalue weighted by atomic mass is 15.1. The van der Waals surface area contributed by atoms with Gasteiger partial charge in [-0.25, -0.2) is 4.98 Å². The first kappa shape index (κ1) is 13.2. The summed E-state index contributed by atoms with van der Waals surface area (Å²) in [7, 11) is 0. The van der Waals surface area contributed by atoms with Gasteiger partial charge >= 0.3 is 0 Å². The van der Waals surface area contributed by atoms with E-state index >= 15 is 0 Å². The zero-order valence-electron chi connectivity index (χ0n) is 12.4. The normalized spacial score (nSPS) is 24.3. The maximum Gasteiger partial charge on any atom is 0.0948 e. The highest BCUT2D eigenvalue weighted by Crippen LogP contribution is 2.51. The van der Waals surface area contributed by atoms with E-state index in [2.05, 4.69) is 41.2 Å². The number of imidazole rings is 1. The summed E-state index contributed by atoms with van der Waals surface area (Å²) in [4.78, 5) is 4.46. The summed E-state index contributed by atoms with van der Waals surface area (Å²) in [5.74, 6) is 0. The Hall–Kier alpha value is -0.830. The molecule has 1 aromatic heterocycles. The summed E-state index contributed by atoms with van der Waals surface area (Å²) in [6.07, 6.45) is 12.2. The van der Waals surface area contributed by atoms with Gasteiger partial charge in [-0.3, -0.25) is 0 Å². The average molecular weight is 261 g/mol. The minimum Gasteiger partial charge on any atom is -0.334 e. The molecule has 0 spiro atoms. The van der Waals surface area contributed by atoms with Crippen LogP contribution in [0.1, 0.15) is 58.1 Å². The summed E-state index contributed by atoms with van der Waals surface area (Å²) in [5, 5.41) is 3.47. The third-order valence-electron chi connectivity index (χ3n) is 5.28. The van der Waals surface area contributed by atoms with Crippen LogP contribution < -0.4 is 5.32 Å². The molecule has 1 saturated heterocycles. The van der Waals surface area contributed by atoms with E-state index in [4.69, 9.17) is 0 Å². The molecule has 19 heavy (non-hydrogen) atoms. The van der Waals surface area contributed by atoms with Crippen LogP contribution in [0.2, 0.25) is 0 Å². The lowest BCUT2D eigenvalue weighted by Crippen LogP contribution is -2.39. The molecule has 0 bridgehead atoms. The van der Waals surface area contributed by atoms with Crippen molar-refractivity contribution in [3.63, 3.8) is 0 Å². The molecule has 3 rings (SSSR count). The van der Waals surface area contributed by atoms with Crippen LogP contribution in [-0.2, 0) is 12.0 Å². The number of hydrogen-bond acceptors (Lipinski definition) is 2. The molecular weight excluding hydrogens is 234 g/mol. The minimum atomic E-state index is 0.323. The molecule has 0 aromatic carbocycles. The molecule has 106 valence electrons. The monoisotopic (exact) mass is 261 g/mol. The number of nitrogens with one attached hydrogen (secondary N) is 1. The van der Waals surface area contributed by atoms with Crippen molar-refractivity contribution < 1.29 is 0 Å². The van der Waals surface area contributed by atoms with Crippen LogP contribution in [0.25, 0.3) is 0 Å². The van der Waals surface area contributed by atoms with Gasteiger partial charge in [-0.15, -0.1) is 0 Å². The molecule has 0 amide bonds. The Bertz CT molecular complexity index is 425. The van der Waals surface area contributed by atoms with Crippen LogP contribution in [0.4, 0.5) is 0 Å². The van der Waals surface area contributed by atoms with E-state index in [0.717, 1.165) is 13.1 Å². The highest BCUT2D eigenvalue weighted by molar-refractivity contribution is 5.16. The summed E-state index contributed by atoms with van der Waals surface area (Å²) >= 11 is 0. The van der Waals surface area contributed by atoms with Gasteiger partial charge in [0.25, 0.3) is 0 Å². The quantitative estimate of drug-likeness (QED) is 0.882. The first-order valence-electron chi connectivity index (χ1n) is 7.89. The molecule has 0 radical (unpaired) electrons. The number of aromatic nitrogens is 2. The third kappa shape index (κ3) is 2.58. The number of nitrogens with zero attached hydrogens (tertiary/aromatic N) is 2. The van der Waals surface area contributed by atoms with Crippen molar-refractivity contribution in [2.75, 3.05) is 13.1 Å². The maximum atomic E-state index is 4.46. The van der Waals surface area contributed by atoms with E-state index in [-0.39, 0.29) is 0 Å². The van der Waals surface area contributed by atoms with E-state index in [1.54, 1.807) is 0 Å². The molecule has 1 aliphatic carbocycles. The molecule has 1 N–H and O–H groups in total. The van der Waals surface area contributed by atoms with Crippen LogP contribution >= 0.6 is 0 Å². The second-order valence-electron chi connectivity index (χ2n) is 6.97. The average Bonchev–Trinajstić information content (AvgIpc) is 2.98. The predicted molar refractivity (Wildman–Crippen MR) is 78.3 cm³/mol. The van der Waals surface area contributed by atoms with Crippen molar-refractivity contribution >= 4 is 0 Å². The Balaban J connectivity index is 1.78. The van der Waals surface area contributed by atoms with Gasteiger partial charge in [0, 0.05) is 23.9 Å². The topological polar surface area (TPSA) is 29.9 Å². The zero-order valence-corrected chi connectivity index (χ0v) is 12.4. The van der Waals surface area contributed by atoms with Gasteiger partial charge in [-0.2, -0.15) is 0 Å². The van der Waals surface area contributed by atoms with E-state index in [9.17, 15) is 0 Å². The SMILES string of the molecule is CCCC1(Cn2cncc2C2(C)CCNCC2)CC1.